The van der Waals surface area contributed by atoms with Gasteiger partial charge in [-0.05, 0) is 12.1 Å². The van der Waals surface area contributed by atoms with Gasteiger partial charge in [0.2, 0.25) is 0 Å². The minimum atomic E-state index is -0.0287. The Labute approximate surface area is 112 Å². The highest BCUT2D eigenvalue weighted by molar-refractivity contribution is 5.78. The second kappa shape index (κ2) is 6.40. The zero-order chi connectivity index (χ0) is 13.7. The number of hydrogen-bond donors (Lipinski definition) is 1. The Hall–Kier alpha value is -1.79. The van der Waals surface area contributed by atoms with Crippen LogP contribution in [0.4, 0.5) is 0 Å². The van der Waals surface area contributed by atoms with Gasteiger partial charge >= 0.3 is 0 Å². The van der Waals surface area contributed by atoms with E-state index in [1.54, 1.807) is 29.2 Å². The molecule has 6 nitrogen and oxygen atoms in total. The van der Waals surface area contributed by atoms with Gasteiger partial charge in [-0.1, -0.05) is 12.1 Å². The van der Waals surface area contributed by atoms with Gasteiger partial charge in [0.05, 0.1) is 7.11 Å². The molecule has 1 amide bonds. The first-order valence-electron chi connectivity index (χ1n) is 6.24. The third-order valence-electron chi connectivity index (χ3n) is 3.09. The quantitative estimate of drug-likeness (QED) is 0.782. The number of ether oxygens (including phenoxy) is 2. The molecule has 0 aromatic heterocycles. The Bertz CT molecular complexity index is 431. The molecule has 1 heterocycles. The van der Waals surface area contributed by atoms with Gasteiger partial charge in [-0.15, -0.1) is 0 Å². The maximum atomic E-state index is 12.0. The van der Waals surface area contributed by atoms with E-state index in [0.717, 1.165) is 0 Å². The molecule has 2 rings (SSSR count). The monoisotopic (exact) mass is 265 g/mol. The summed E-state index contributed by atoms with van der Waals surface area (Å²) in [5, 5.41) is 1.71. The third-order valence-corrected chi connectivity index (χ3v) is 3.09. The minimum absolute atomic E-state index is 0.0188. The molecular weight excluding hydrogens is 246 g/mol. The van der Waals surface area contributed by atoms with Crippen LogP contribution in [0.25, 0.3) is 0 Å². The Morgan fingerprint density at radius 2 is 1.84 bits per heavy atom. The van der Waals surface area contributed by atoms with Gasteiger partial charge in [-0.25, -0.2) is 5.01 Å². The summed E-state index contributed by atoms with van der Waals surface area (Å²) in [6.45, 7) is 2.70. The molecule has 1 aromatic carbocycles. The average molecular weight is 265 g/mol. The number of hydrazine groups is 1. The Morgan fingerprint density at radius 3 is 2.47 bits per heavy atom. The van der Waals surface area contributed by atoms with E-state index in [1.165, 1.54) is 0 Å². The molecule has 0 radical (unpaired) electrons. The summed E-state index contributed by atoms with van der Waals surface area (Å²) in [6.07, 6.45) is 0. The Balaban J connectivity index is 1.86. The molecule has 0 aliphatic carbocycles. The lowest BCUT2D eigenvalue weighted by Crippen LogP contribution is -2.52. The maximum absolute atomic E-state index is 12.0. The number of nitrogens with zero attached hydrogens (tertiary/aromatic N) is 2. The molecule has 104 valence electrons. The van der Waals surface area contributed by atoms with Crippen LogP contribution in [0, 0.1) is 0 Å². The van der Waals surface area contributed by atoms with Crippen LogP contribution in [0.1, 0.15) is 0 Å². The smallest absolute Gasteiger partial charge is 0.260 e. The zero-order valence-corrected chi connectivity index (χ0v) is 11.0. The van der Waals surface area contributed by atoms with Crippen molar-refractivity contribution in [3.63, 3.8) is 0 Å². The van der Waals surface area contributed by atoms with Gasteiger partial charge in [0.1, 0.15) is 0 Å². The minimum Gasteiger partial charge on any atom is -0.493 e. The maximum Gasteiger partial charge on any atom is 0.260 e. The van der Waals surface area contributed by atoms with E-state index in [9.17, 15) is 4.79 Å². The van der Waals surface area contributed by atoms with Crippen LogP contribution < -0.4 is 15.3 Å². The van der Waals surface area contributed by atoms with Gasteiger partial charge < -0.3 is 14.4 Å². The molecule has 1 aliphatic rings. The lowest BCUT2D eigenvalue weighted by molar-refractivity contribution is -0.135. The number of carbonyl (C=O) groups is 1. The SMILES string of the molecule is COc1ccccc1OCC(=O)N1CCN(N)CC1. The van der Waals surface area contributed by atoms with Crippen molar-refractivity contribution < 1.29 is 14.3 Å². The van der Waals surface area contributed by atoms with Gasteiger partial charge in [-0.2, -0.15) is 0 Å². The lowest BCUT2D eigenvalue weighted by Gasteiger charge is -2.31. The molecule has 2 N–H and O–H groups in total. The van der Waals surface area contributed by atoms with E-state index >= 15 is 0 Å². The van der Waals surface area contributed by atoms with E-state index in [4.69, 9.17) is 15.3 Å². The topological polar surface area (TPSA) is 68.0 Å². The van der Waals surface area contributed by atoms with Gasteiger partial charge in [0.25, 0.3) is 5.91 Å². The first-order chi connectivity index (χ1) is 9.20. The van der Waals surface area contributed by atoms with Crippen LogP contribution in [0.15, 0.2) is 24.3 Å². The summed E-state index contributed by atoms with van der Waals surface area (Å²) in [7, 11) is 1.57. The van der Waals surface area contributed by atoms with Crippen molar-refractivity contribution in [3.8, 4) is 11.5 Å². The number of nitrogens with two attached hydrogens (primary N) is 1. The molecule has 0 bridgehead atoms. The van der Waals surface area contributed by atoms with Gasteiger partial charge in [0.15, 0.2) is 18.1 Å². The highest BCUT2D eigenvalue weighted by atomic mass is 16.5. The number of piperazine rings is 1. The average Bonchev–Trinajstić information content (AvgIpc) is 2.45. The fraction of sp³-hybridized carbons (Fsp3) is 0.462. The van der Waals surface area contributed by atoms with Crippen molar-refractivity contribution in [2.75, 3.05) is 39.9 Å². The molecule has 19 heavy (non-hydrogen) atoms. The van der Waals surface area contributed by atoms with Crippen LogP contribution >= 0.6 is 0 Å². The highest BCUT2D eigenvalue weighted by Gasteiger charge is 2.19. The van der Waals surface area contributed by atoms with Crippen molar-refractivity contribution in [1.29, 1.82) is 0 Å². The predicted molar refractivity (Wildman–Crippen MR) is 70.8 cm³/mol. The normalized spacial score (nSPS) is 16.2. The number of rotatable bonds is 4. The molecule has 1 aromatic rings. The standard InChI is InChI=1S/C13H19N3O3/c1-18-11-4-2-3-5-12(11)19-10-13(17)15-6-8-16(14)9-7-15/h2-5H,6-10,14H2,1H3. The van der Waals surface area contributed by atoms with Crippen molar-refractivity contribution in [2.45, 2.75) is 0 Å². The molecule has 1 aliphatic heterocycles. The van der Waals surface area contributed by atoms with Gasteiger partial charge in [0, 0.05) is 26.2 Å². The highest BCUT2D eigenvalue weighted by Crippen LogP contribution is 2.25. The molecule has 6 heteroatoms. The van der Waals surface area contributed by atoms with Crippen LogP contribution in [-0.4, -0.2) is 55.7 Å². The summed E-state index contributed by atoms with van der Waals surface area (Å²) in [6, 6.07) is 7.28. The lowest BCUT2D eigenvalue weighted by atomic mass is 10.3. The predicted octanol–water partition coefficient (Wildman–Crippen LogP) is 0.0919. The zero-order valence-electron chi connectivity index (χ0n) is 11.0. The van der Waals surface area contributed by atoms with Gasteiger partial charge in [-0.3, -0.25) is 10.6 Å². The number of para-hydroxylation sites is 2. The summed E-state index contributed by atoms with van der Waals surface area (Å²) in [4.78, 5) is 13.7. The largest absolute Gasteiger partial charge is 0.493 e. The summed E-state index contributed by atoms with van der Waals surface area (Å²) < 4.78 is 10.7. The number of methoxy groups -OCH3 is 1. The fourth-order valence-electron chi connectivity index (χ4n) is 1.94. The van der Waals surface area contributed by atoms with Crippen molar-refractivity contribution >= 4 is 5.91 Å². The summed E-state index contributed by atoms with van der Waals surface area (Å²) in [5.74, 6) is 6.83. The Morgan fingerprint density at radius 1 is 1.21 bits per heavy atom. The van der Waals surface area contributed by atoms with Crippen molar-refractivity contribution in [1.82, 2.24) is 9.91 Å². The number of carbonyl (C=O) groups excluding carboxylic acids is 1. The number of benzene rings is 1. The van der Waals surface area contributed by atoms with E-state index in [1.807, 2.05) is 12.1 Å². The third kappa shape index (κ3) is 3.59. The van der Waals surface area contributed by atoms with Crippen molar-refractivity contribution in [2.24, 2.45) is 5.84 Å². The number of hydrogen-bond acceptors (Lipinski definition) is 5. The van der Waals surface area contributed by atoms with E-state index in [0.29, 0.717) is 37.7 Å². The first kappa shape index (κ1) is 13.6. The molecule has 0 spiro atoms. The van der Waals surface area contributed by atoms with Crippen LogP contribution in [0.5, 0.6) is 11.5 Å². The number of amides is 1. The summed E-state index contributed by atoms with van der Waals surface area (Å²) >= 11 is 0. The van der Waals surface area contributed by atoms with Crippen LogP contribution in [0.3, 0.4) is 0 Å². The van der Waals surface area contributed by atoms with E-state index in [-0.39, 0.29) is 12.5 Å². The molecule has 0 unspecified atom stereocenters. The Kier molecular flexibility index (Phi) is 4.59. The van der Waals surface area contributed by atoms with Crippen LogP contribution in [-0.2, 0) is 4.79 Å². The molecular formula is C13H19N3O3. The first-order valence-corrected chi connectivity index (χ1v) is 6.24. The summed E-state index contributed by atoms with van der Waals surface area (Å²) in [5.41, 5.74) is 0. The second-order valence-electron chi connectivity index (χ2n) is 4.36. The second-order valence-corrected chi connectivity index (χ2v) is 4.36. The van der Waals surface area contributed by atoms with Crippen molar-refractivity contribution in [3.05, 3.63) is 24.3 Å². The van der Waals surface area contributed by atoms with E-state index in [2.05, 4.69) is 0 Å². The fourth-order valence-corrected chi connectivity index (χ4v) is 1.94. The molecule has 0 atom stereocenters. The molecule has 1 saturated heterocycles. The van der Waals surface area contributed by atoms with E-state index < -0.39 is 0 Å². The molecule has 0 saturated carbocycles. The van der Waals surface area contributed by atoms with Crippen LogP contribution in [0.2, 0.25) is 0 Å². The molecule has 1 fully saturated rings.